The van der Waals surface area contributed by atoms with Gasteiger partial charge in [-0.15, -0.1) is 6.42 Å². The number of aryl methyl sites for hydroxylation is 1. The van der Waals surface area contributed by atoms with Gasteiger partial charge in [0.15, 0.2) is 4.80 Å². The van der Waals surface area contributed by atoms with Gasteiger partial charge in [-0.3, -0.25) is 4.79 Å². The summed E-state index contributed by atoms with van der Waals surface area (Å²) in [6.45, 7) is 2.73. The first-order chi connectivity index (χ1) is 15.3. The van der Waals surface area contributed by atoms with Gasteiger partial charge in [0, 0.05) is 17.6 Å². The Morgan fingerprint density at radius 2 is 2.03 bits per heavy atom. The van der Waals surface area contributed by atoms with E-state index in [0.717, 1.165) is 20.3 Å². The van der Waals surface area contributed by atoms with Crippen LogP contribution in [0.25, 0.3) is 10.2 Å². The number of aromatic nitrogens is 1. The summed E-state index contributed by atoms with van der Waals surface area (Å²) in [7, 11) is -3.66. The molecule has 2 aromatic carbocycles. The highest BCUT2D eigenvalue weighted by molar-refractivity contribution is 9.10. The maximum Gasteiger partial charge on any atom is 0.252 e. The summed E-state index contributed by atoms with van der Waals surface area (Å²) in [5, 5.41) is 0. The molecule has 1 fully saturated rings. The van der Waals surface area contributed by atoms with Crippen LogP contribution >= 0.6 is 27.3 Å². The number of thiazole rings is 1. The molecule has 9 heteroatoms. The van der Waals surface area contributed by atoms with Gasteiger partial charge in [-0.1, -0.05) is 50.9 Å². The van der Waals surface area contributed by atoms with E-state index in [0.29, 0.717) is 30.7 Å². The fraction of sp³-hybridized carbons (Fsp3) is 0.304. The number of benzene rings is 2. The van der Waals surface area contributed by atoms with Crippen LogP contribution in [0, 0.1) is 25.2 Å². The molecule has 1 atom stereocenters. The number of hydrogen-bond donors (Lipinski definition) is 0. The summed E-state index contributed by atoms with van der Waals surface area (Å²) in [6.07, 6.45) is 6.76. The van der Waals surface area contributed by atoms with E-state index in [4.69, 9.17) is 6.42 Å². The third kappa shape index (κ3) is 4.59. The molecule has 1 aromatic heterocycles. The third-order valence-electron chi connectivity index (χ3n) is 5.49. The predicted molar refractivity (Wildman–Crippen MR) is 130 cm³/mol. The lowest BCUT2D eigenvalue weighted by Gasteiger charge is -2.30. The van der Waals surface area contributed by atoms with E-state index in [1.54, 1.807) is 24.3 Å². The first-order valence-electron chi connectivity index (χ1n) is 10.2. The molecule has 0 radical (unpaired) electrons. The molecular weight excluding hydrogens is 510 g/mol. The highest BCUT2D eigenvalue weighted by atomic mass is 79.9. The Kier molecular flexibility index (Phi) is 6.67. The molecule has 1 saturated heterocycles. The fourth-order valence-corrected chi connectivity index (χ4v) is 6.89. The molecule has 0 spiro atoms. The van der Waals surface area contributed by atoms with Crippen molar-refractivity contribution in [2.45, 2.75) is 31.2 Å². The second kappa shape index (κ2) is 9.32. The zero-order chi connectivity index (χ0) is 22.9. The highest BCUT2D eigenvalue weighted by Crippen LogP contribution is 2.26. The fourth-order valence-electron chi connectivity index (χ4n) is 3.78. The van der Waals surface area contributed by atoms with Crippen LogP contribution in [0.2, 0.25) is 0 Å². The summed E-state index contributed by atoms with van der Waals surface area (Å²) >= 11 is 4.86. The van der Waals surface area contributed by atoms with E-state index in [1.165, 1.54) is 15.6 Å². The molecule has 0 bridgehead atoms. The topological polar surface area (TPSA) is 71.7 Å². The molecule has 0 saturated carbocycles. The van der Waals surface area contributed by atoms with Gasteiger partial charge in [-0.2, -0.15) is 9.30 Å². The Balaban J connectivity index is 1.63. The van der Waals surface area contributed by atoms with E-state index in [2.05, 4.69) is 26.8 Å². The number of terminal acetylenes is 1. The predicted octanol–water partition coefficient (Wildman–Crippen LogP) is 3.94. The molecule has 0 aliphatic carbocycles. The minimum atomic E-state index is -3.66. The minimum Gasteiger partial charge on any atom is -0.305 e. The number of hydrogen-bond acceptors (Lipinski definition) is 4. The van der Waals surface area contributed by atoms with Crippen LogP contribution in [0.15, 0.2) is 56.8 Å². The van der Waals surface area contributed by atoms with Crippen molar-refractivity contribution in [2.75, 3.05) is 13.1 Å². The second-order valence-corrected chi connectivity index (χ2v) is 11.6. The highest BCUT2D eigenvalue weighted by Gasteiger charge is 2.33. The average molecular weight is 532 g/mol. The molecule has 0 N–H and O–H groups in total. The van der Waals surface area contributed by atoms with Crippen LogP contribution in [0.3, 0.4) is 0 Å². The number of nitrogens with zero attached hydrogens (tertiary/aromatic N) is 3. The molecule has 1 amide bonds. The van der Waals surface area contributed by atoms with Crippen LogP contribution in [-0.4, -0.2) is 36.3 Å². The number of piperidine rings is 1. The quantitative estimate of drug-likeness (QED) is 0.478. The lowest BCUT2D eigenvalue weighted by Crippen LogP contribution is -2.42. The molecule has 1 unspecified atom stereocenters. The lowest BCUT2D eigenvalue weighted by atomic mass is 9.99. The maximum absolute atomic E-state index is 13.1. The van der Waals surface area contributed by atoms with Crippen LogP contribution in [-0.2, 0) is 21.4 Å². The molecule has 3 aromatic rings. The Morgan fingerprint density at radius 3 is 2.75 bits per heavy atom. The van der Waals surface area contributed by atoms with E-state index in [9.17, 15) is 13.2 Å². The summed E-state index contributed by atoms with van der Waals surface area (Å²) in [5.74, 6) is 1.82. The van der Waals surface area contributed by atoms with Crippen molar-refractivity contribution in [1.29, 1.82) is 0 Å². The lowest BCUT2D eigenvalue weighted by molar-refractivity contribution is -0.122. The van der Waals surface area contributed by atoms with Gasteiger partial charge in [0.25, 0.3) is 5.91 Å². The minimum absolute atomic E-state index is 0.129. The van der Waals surface area contributed by atoms with Crippen molar-refractivity contribution in [3.05, 3.63) is 57.3 Å². The first kappa shape index (κ1) is 22.9. The Morgan fingerprint density at radius 1 is 1.28 bits per heavy atom. The average Bonchev–Trinajstić information content (AvgIpc) is 3.10. The van der Waals surface area contributed by atoms with Gasteiger partial charge in [0.05, 0.1) is 27.6 Å². The summed E-state index contributed by atoms with van der Waals surface area (Å²) in [4.78, 5) is 18.2. The number of amides is 1. The Hall–Kier alpha value is -2.25. The number of halogens is 1. The number of sulfonamides is 1. The van der Waals surface area contributed by atoms with E-state index >= 15 is 0 Å². The maximum atomic E-state index is 13.1. The van der Waals surface area contributed by atoms with Gasteiger partial charge < -0.3 is 4.57 Å². The van der Waals surface area contributed by atoms with Crippen LogP contribution in [0.4, 0.5) is 0 Å². The smallest absolute Gasteiger partial charge is 0.252 e. The van der Waals surface area contributed by atoms with Crippen LogP contribution in [0.5, 0.6) is 0 Å². The molecule has 1 aliphatic rings. The SMILES string of the molecule is C#CCn1c(=NC(=O)C2CCCN(S(=O)(=O)c3ccc(C)cc3)C2)sc2cc(Br)ccc21. The number of rotatable bonds is 4. The van der Waals surface area contributed by atoms with Crippen molar-refractivity contribution in [2.24, 2.45) is 10.9 Å². The van der Waals surface area contributed by atoms with Crippen molar-refractivity contribution < 1.29 is 13.2 Å². The molecule has 4 rings (SSSR count). The number of carbonyl (C=O) groups excluding carboxylic acids is 1. The monoisotopic (exact) mass is 531 g/mol. The standard InChI is InChI=1S/C23H22BrN3O3S2/c1-3-12-27-20-11-8-18(24)14-21(20)31-23(27)25-22(28)17-5-4-13-26(15-17)32(29,30)19-9-6-16(2)7-10-19/h1,6-11,14,17H,4-5,12-13,15H2,2H3. The van der Waals surface area contributed by atoms with Gasteiger partial charge >= 0.3 is 0 Å². The van der Waals surface area contributed by atoms with E-state index in [-0.39, 0.29) is 17.3 Å². The van der Waals surface area contributed by atoms with Crippen molar-refractivity contribution in [1.82, 2.24) is 8.87 Å². The number of fused-ring (bicyclic) bond motifs is 1. The van der Waals surface area contributed by atoms with Gasteiger partial charge in [0.2, 0.25) is 10.0 Å². The third-order valence-corrected chi connectivity index (χ3v) is 8.91. The Labute approximate surface area is 199 Å². The van der Waals surface area contributed by atoms with Gasteiger partial charge in [0.1, 0.15) is 0 Å². The van der Waals surface area contributed by atoms with E-state index in [1.807, 2.05) is 29.7 Å². The summed E-state index contributed by atoms with van der Waals surface area (Å²) in [5.41, 5.74) is 1.90. The van der Waals surface area contributed by atoms with Crippen molar-refractivity contribution in [3.63, 3.8) is 0 Å². The second-order valence-electron chi connectivity index (χ2n) is 7.75. The normalized spacial score (nSPS) is 18.0. The number of carbonyl (C=O) groups is 1. The zero-order valence-corrected chi connectivity index (χ0v) is 20.7. The largest absolute Gasteiger partial charge is 0.305 e. The van der Waals surface area contributed by atoms with Crippen molar-refractivity contribution >= 4 is 53.4 Å². The van der Waals surface area contributed by atoms with Gasteiger partial charge in [-0.25, -0.2) is 8.42 Å². The molecular formula is C23H22BrN3O3S2. The molecule has 6 nitrogen and oxygen atoms in total. The summed E-state index contributed by atoms with van der Waals surface area (Å²) in [6, 6.07) is 12.6. The van der Waals surface area contributed by atoms with Crippen LogP contribution in [0.1, 0.15) is 18.4 Å². The van der Waals surface area contributed by atoms with Crippen molar-refractivity contribution in [3.8, 4) is 12.3 Å². The molecule has 166 valence electrons. The molecule has 2 heterocycles. The van der Waals surface area contributed by atoms with Crippen LogP contribution < -0.4 is 4.80 Å². The first-order valence-corrected chi connectivity index (χ1v) is 13.2. The summed E-state index contributed by atoms with van der Waals surface area (Å²) < 4.78 is 31.3. The Bertz CT molecular complexity index is 1380. The van der Waals surface area contributed by atoms with Gasteiger partial charge in [-0.05, 0) is 50.1 Å². The zero-order valence-electron chi connectivity index (χ0n) is 17.5. The molecule has 32 heavy (non-hydrogen) atoms. The molecule has 1 aliphatic heterocycles. The van der Waals surface area contributed by atoms with E-state index < -0.39 is 15.9 Å².